The zero-order valence-electron chi connectivity index (χ0n) is 26.9. The van der Waals surface area contributed by atoms with E-state index >= 15 is 0 Å². The number of carbonyl (C=O) groups excluding carboxylic acids is 2. The summed E-state index contributed by atoms with van der Waals surface area (Å²) in [6.07, 6.45) is 9.34. The fourth-order valence-electron chi connectivity index (χ4n) is 5.99. The molecule has 5 rings (SSSR count). The zero-order valence-corrected chi connectivity index (χ0v) is 26.9. The van der Waals surface area contributed by atoms with E-state index in [-0.39, 0.29) is 17.9 Å². The molecule has 1 aromatic heterocycles. The molecule has 0 bridgehead atoms. The average Bonchev–Trinajstić information content (AvgIpc) is 3.55. The summed E-state index contributed by atoms with van der Waals surface area (Å²) >= 11 is 0. The number of aromatic nitrogens is 2. The van der Waals surface area contributed by atoms with Gasteiger partial charge in [-0.2, -0.15) is 4.98 Å². The largest absolute Gasteiger partial charge is 0.495 e. The van der Waals surface area contributed by atoms with Crippen LogP contribution in [0.5, 0.6) is 5.75 Å². The van der Waals surface area contributed by atoms with Crippen molar-refractivity contribution in [2.75, 3.05) is 56.0 Å². The normalized spacial score (nSPS) is 19.2. The molecule has 3 aliphatic rings. The number of anilines is 4. The Bertz CT molecular complexity index is 1160. The van der Waals surface area contributed by atoms with Gasteiger partial charge >= 0.3 is 0 Å². The van der Waals surface area contributed by atoms with Crippen molar-refractivity contribution in [1.82, 2.24) is 20.2 Å². The Kier molecular flexibility index (Phi) is 12.4. The number of carbonyl (C=O) groups is 2. The first-order valence-electron chi connectivity index (χ1n) is 15.5. The van der Waals surface area contributed by atoms with E-state index < -0.39 is 0 Å². The number of hydrogen-bond donors (Lipinski definition) is 1. The minimum absolute atomic E-state index is 0.0968. The molecule has 0 spiro atoms. The van der Waals surface area contributed by atoms with Gasteiger partial charge < -0.3 is 29.7 Å². The molecule has 1 N–H and O–H groups in total. The maximum absolute atomic E-state index is 13.0. The first-order chi connectivity index (χ1) is 20.2. The number of methoxy groups -OCH3 is 1. The monoisotopic (exact) mass is 581 g/mol. The predicted octanol–water partition coefficient (Wildman–Crippen LogP) is 5.00. The summed E-state index contributed by atoms with van der Waals surface area (Å²) in [5.41, 5.74) is 1.68. The summed E-state index contributed by atoms with van der Waals surface area (Å²) in [7, 11) is 7.54. The second kappa shape index (κ2) is 15.7. The van der Waals surface area contributed by atoms with Gasteiger partial charge in [0, 0.05) is 33.1 Å². The van der Waals surface area contributed by atoms with Crippen LogP contribution in [0.1, 0.15) is 72.6 Å². The van der Waals surface area contributed by atoms with Gasteiger partial charge in [0.25, 0.3) is 0 Å². The number of fused-ring (bicyclic) bond motifs is 1. The molecule has 1 atom stereocenters. The van der Waals surface area contributed by atoms with Crippen LogP contribution >= 0.6 is 0 Å². The van der Waals surface area contributed by atoms with Crippen LogP contribution in [0.25, 0.3) is 0 Å². The molecule has 2 aromatic rings. The molecular weight excluding hydrogens is 530 g/mol. The molecule has 2 aliphatic heterocycles. The molecule has 42 heavy (non-hydrogen) atoms. The van der Waals surface area contributed by atoms with E-state index in [9.17, 15) is 9.59 Å². The van der Waals surface area contributed by atoms with Gasteiger partial charge in [0.15, 0.2) is 5.82 Å². The van der Waals surface area contributed by atoms with Crippen LogP contribution in [-0.2, 0) is 9.59 Å². The first kappa shape index (κ1) is 33.1. The number of para-hydroxylation sites is 2. The highest BCUT2D eigenvalue weighted by molar-refractivity contribution is 6.04. The van der Waals surface area contributed by atoms with E-state index in [1.807, 2.05) is 57.1 Å². The lowest BCUT2D eigenvalue weighted by molar-refractivity contribution is -0.120. The highest BCUT2D eigenvalue weighted by Gasteiger charge is 2.41. The SMILES string of the molecule is CC.CC(=O)NC1CCN(C)CC1.CCC1C(=O)N(C)c2cnc(N(C)c3ccccc3OC)nc2N1C1CCCC1. The van der Waals surface area contributed by atoms with Crippen molar-refractivity contribution >= 4 is 35.0 Å². The van der Waals surface area contributed by atoms with Crippen LogP contribution < -0.4 is 24.8 Å². The maximum Gasteiger partial charge on any atom is 0.249 e. The Morgan fingerprint density at radius 3 is 2.33 bits per heavy atom. The Morgan fingerprint density at radius 2 is 1.74 bits per heavy atom. The highest BCUT2D eigenvalue weighted by Crippen LogP contribution is 2.41. The molecular formula is C32H51N7O3. The lowest BCUT2D eigenvalue weighted by atomic mass is 10.0. The third-order valence-electron chi connectivity index (χ3n) is 8.27. The van der Waals surface area contributed by atoms with Crippen molar-refractivity contribution in [3.63, 3.8) is 0 Å². The van der Waals surface area contributed by atoms with Crippen LogP contribution in [0.3, 0.4) is 0 Å². The van der Waals surface area contributed by atoms with Crippen LogP contribution in [0.15, 0.2) is 30.5 Å². The number of piperidine rings is 1. The Hall–Kier alpha value is -3.40. The molecule has 1 saturated heterocycles. The van der Waals surface area contributed by atoms with E-state index in [2.05, 4.69) is 34.1 Å². The summed E-state index contributed by atoms with van der Waals surface area (Å²) in [4.78, 5) is 41.4. The van der Waals surface area contributed by atoms with E-state index in [1.54, 1.807) is 25.1 Å². The molecule has 10 nitrogen and oxygen atoms in total. The van der Waals surface area contributed by atoms with Crippen LogP contribution in [0.4, 0.5) is 23.1 Å². The minimum atomic E-state index is -0.171. The van der Waals surface area contributed by atoms with Gasteiger partial charge in [-0.1, -0.05) is 45.7 Å². The predicted molar refractivity (Wildman–Crippen MR) is 171 cm³/mol. The molecule has 1 aliphatic carbocycles. The summed E-state index contributed by atoms with van der Waals surface area (Å²) in [6, 6.07) is 8.43. The third kappa shape index (κ3) is 7.70. The van der Waals surface area contributed by atoms with Gasteiger partial charge in [0.1, 0.15) is 17.5 Å². The number of rotatable bonds is 6. The third-order valence-corrected chi connectivity index (χ3v) is 8.27. The van der Waals surface area contributed by atoms with Crippen molar-refractivity contribution in [2.45, 2.75) is 90.8 Å². The van der Waals surface area contributed by atoms with Crippen LogP contribution in [-0.4, -0.2) is 86.2 Å². The molecule has 2 fully saturated rings. The number of amides is 2. The van der Waals surface area contributed by atoms with E-state index in [0.717, 1.165) is 68.1 Å². The molecule has 2 amide bonds. The van der Waals surface area contributed by atoms with Gasteiger partial charge in [-0.15, -0.1) is 0 Å². The maximum atomic E-state index is 13.0. The number of benzene rings is 1. The Labute approximate surface area is 252 Å². The van der Waals surface area contributed by atoms with Gasteiger partial charge in [0.05, 0.1) is 19.0 Å². The first-order valence-corrected chi connectivity index (χ1v) is 15.5. The van der Waals surface area contributed by atoms with Crippen molar-refractivity contribution < 1.29 is 14.3 Å². The summed E-state index contributed by atoms with van der Waals surface area (Å²) in [5, 5.41) is 2.94. The van der Waals surface area contributed by atoms with E-state index in [4.69, 9.17) is 9.72 Å². The van der Waals surface area contributed by atoms with Gasteiger partial charge in [-0.05, 0) is 64.4 Å². The van der Waals surface area contributed by atoms with Crippen LogP contribution in [0, 0.1) is 0 Å². The number of likely N-dealkylation sites (tertiary alicyclic amines) is 1. The Morgan fingerprint density at radius 1 is 1.10 bits per heavy atom. The van der Waals surface area contributed by atoms with Crippen molar-refractivity contribution in [3.05, 3.63) is 30.5 Å². The van der Waals surface area contributed by atoms with Crippen LogP contribution in [0.2, 0.25) is 0 Å². The summed E-state index contributed by atoms with van der Waals surface area (Å²) < 4.78 is 5.51. The van der Waals surface area contributed by atoms with E-state index in [0.29, 0.717) is 18.0 Å². The summed E-state index contributed by atoms with van der Waals surface area (Å²) in [5.74, 6) is 2.44. The molecule has 10 heteroatoms. The standard InChI is InChI=1S/C22H29N5O2.C8H16N2O.C2H6/c1-5-16-21(28)25(2)18-14-23-22(24-20(18)27(16)15-10-6-7-11-15)26(3)17-12-8-9-13-19(17)29-4;1-7(11)9-8-3-5-10(2)6-4-8;1-2/h8-9,12-16H,5-7,10-11H2,1-4H3;8H,3-6H2,1-2H3,(H,9,11);1-2H3. The van der Waals surface area contributed by atoms with Crippen molar-refractivity contribution in [1.29, 1.82) is 0 Å². The number of hydrogen-bond acceptors (Lipinski definition) is 8. The average molecular weight is 582 g/mol. The Balaban J connectivity index is 0.000000313. The number of ether oxygens (including phenoxy) is 1. The zero-order chi connectivity index (χ0) is 30.8. The number of nitrogens with one attached hydrogen (secondary N) is 1. The topological polar surface area (TPSA) is 94.1 Å². The van der Waals surface area contributed by atoms with Gasteiger partial charge in [-0.25, -0.2) is 4.98 Å². The molecule has 1 unspecified atom stereocenters. The second-order valence-electron chi connectivity index (χ2n) is 11.1. The highest BCUT2D eigenvalue weighted by atomic mass is 16.5. The fraction of sp³-hybridized carbons (Fsp3) is 0.625. The van der Waals surface area contributed by atoms with E-state index in [1.165, 1.54) is 12.8 Å². The smallest absolute Gasteiger partial charge is 0.249 e. The summed E-state index contributed by atoms with van der Waals surface area (Å²) in [6.45, 7) is 9.86. The number of likely N-dealkylation sites (N-methyl/N-ethyl adjacent to an activating group) is 1. The number of nitrogens with zero attached hydrogens (tertiary/aromatic N) is 6. The lowest BCUT2D eigenvalue weighted by Crippen LogP contribution is -2.55. The second-order valence-corrected chi connectivity index (χ2v) is 11.1. The fourth-order valence-corrected chi connectivity index (χ4v) is 5.99. The van der Waals surface area contributed by atoms with Crippen molar-refractivity contribution in [3.8, 4) is 5.75 Å². The molecule has 3 heterocycles. The quantitative estimate of drug-likeness (QED) is 0.510. The lowest BCUT2D eigenvalue weighted by Gasteiger charge is -2.43. The molecule has 1 saturated carbocycles. The van der Waals surface area contributed by atoms with Crippen molar-refractivity contribution in [2.24, 2.45) is 0 Å². The molecule has 232 valence electrons. The van der Waals surface area contributed by atoms with Gasteiger partial charge in [-0.3, -0.25) is 9.59 Å². The molecule has 0 radical (unpaired) electrons. The van der Waals surface area contributed by atoms with Gasteiger partial charge in [0.2, 0.25) is 17.8 Å². The minimum Gasteiger partial charge on any atom is -0.495 e. The molecule has 1 aromatic carbocycles.